The van der Waals surface area contributed by atoms with Crippen molar-refractivity contribution in [2.24, 2.45) is 0 Å². The van der Waals surface area contributed by atoms with Gasteiger partial charge in [0, 0.05) is 5.56 Å². The van der Waals surface area contributed by atoms with Crippen molar-refractivity contribution in [3.63, 3.8) is 0 Å². The standard InChI is InChI=1S/C17H21NO3/c1-11-5-7-14(12(2)9-11)16(19)18-10-17(4,20)15-8-6-13(3)21-15/h5-9,20H,10H2,1-4H3,(H,18,19)/t17-/m0/s1. The molecule has 0 fully saturated rings. The third-order valence-corrected chi connectivity index (χ3v) is 3.49. The molecule has 0 unspecified atom stereocenters. The minimum Gasteiger partial charge on any atom is -0.463 e. The van der Waals surface area contributed by atoms with Gasteiger partial charge in [0.25, 0.3) is 5.91 Å². The Morgan fingerprint density at radius 1 is 1.24 bits per heavy atom. The average molecular weight is 287 g/mol. The van der Waals surface area contributed by atoms with E-state index >= 15 is 0 Å². The molecular weight excluding hydrogens is 266 g/mol. The highest BCUT2D eigenvalue weighted by Crippen LogP contribution is 2.22. The van der Waals surface area contributed by atoms with Crippen molar-refractivity contribution in [1.82, 2.24) is 5.32 Å². The number of benzene rings is 1. The number of aryl methyl sites for hydroxylation is 3. The van der Waals surface area contributed by atoms with E-state index < -0.39 is 5.60 Å². The number of rotatable bonds is 4. The lowest BCUT2D eigenvalue weighted by molar-refractivity contribution is 0.0323. The van der Waals surface area contributed by atoms with Crippen molar-refractivity contribution >= 4 is 5.91 Å². The van der Waals surface area contributed by atoms with Gasteiger partial charge >= 0.3 is 0 Å². The molecule has 2 rings (SSSR count). The number of hydrogen-bond donors (Lipinski definition) is 2. The van der Waals surface area contributed by atoms with Crippen LogP contribution in [0.2, 0.25) is 0 Å². The Morgan fingerprint density at radius 2 is 1.95 bits per heavy atom. The molecule has 0 radical (unpaired) electrons. The quantitative estimate of drug-likeness (QED) is 0.909. The predicted octanol–water partition coefficient (Wildman–Crippen LogP) is 2.84. The van der Waals surface area contributed by atoms with Crippen molar-refractivity contribution in [1.29, 1.82) is 0 Å². The van der Waals surface area contributed by atoms with E-state index in [2.05, 4.69) is 5.32 Å². The van der Waals surface area contributed by atoms with Crippen molar-refractivity contribution in [3.8, 4) is 0 Å². The third kappa shape index (κ3) is 3.52. The van der Waals surface area contributed by atoms with Gasteiger partial charge in [-0.1, -0.05) is 17.7 Å². The Bertz CT molecular complexity index is 656. The highest BCUT2D eigenvalue weighted by molar-refractivity contribution is 5.95. The van der Waals surface area contributed by atoms with E-state index in [4.69, 9.17) is 4.42 Å². The Morgan fingerprint density at radius 3 is 2.52 bits per heavy atom. The van der Waals surface area contributed by atoms with Crippen molar-refractivity contribution in [2.45, 2.75) is 33.3 Å². The Balaban J connectivity index is 2.06. The lowest BCUT2D eigenvalue weighted by Crippen LogP contribution is -2.38. The van der Waals surface area contributed by atoms with E-state index in [1.807, 2.05) is 32.9 Å². The van der Waals surface area contributed by atoms with Crippen LogP contribution >= 0.6 is 0 Å². The first-order valence-corrected chi connectivity index (χ1v) is 6.94. The second-order valence-corrected chi connectivity index (χ2v) is 5.69. The van der Waals surface area contributed by atoms with Gasteiger partial charge in [0.2, 0.25) is 0 Å². The van der Waals surface area contributed by atoms with Gasteiger partial charge in [0.05, 0.1) is 6.54 Å². The second kappa shape index (κ2) is 5.74. The SMILES string of the molecule is Cc1ccc(C(=O)NC[C@](C)(O)c2ccc(C)o2)c(C)c1. The maximum Gasteiger partial charge on any atom is 0.251 e. The van der Waals surface area contributed by atoms with Gasteiger partial charge in [-0.2, -0.15) is 0 Å². The van der Waals surface area contributed by atoms with E-state index in [9.17, 15) is 9.90 Å². The number of aliphatic hydroxyl groups is 1. The summed E-state index contributed by atoms with van der Waals surface area (Å²) in [4.78, 5) is 12.2. The predicted molar refractivity (Wildman–Crippen MR) is 81.3 cm³/mol. The van der Waals surface area contributed by atoms with Gasteiger partial charge in [0.15, 0.2) is 0 Å². The highest BCUT2D eigenvalue weighted by atomic mass is 16.4. The third-order valence-electron chi connectivity index (χ3n) is 3.49. The van der Waals surface area contributed by atoms with Crippen LogP contribution in [0.5, 0.6) is 0 Å². The van der Waals surface area contributed by atoms with Gasteiger partial charge < -0.3 is 14.8 Å². The lowest BCUT2D eigenvalue weighted by atomic mass is 10.0. The van der Waals surface area contributed by atoms with E-state index in [1.54, 1.807) is 25.1 Å². The molecule has 1 amide bonds. The zero-order chi connectivity index (χ0) is 15.6. The van der Waals surface area contributed by atoms with Crippen LogP contribution in [-0.4, -0.2) is 17.6 Å². The maximum absolute atomic E-state index is 12.2. The van der Waals surface area contributed by atoms with Crippen LogP contribution in [0, 0.1) is 20.8 Å². The normalized spacial score (nSPS) is 13.8. The van der Waals surface area contributed by atoms with Crippen LogP contribution in [0.25, 0.3) is 0 Å². The molecule has 0 bridgehead atoms. The number of nitrogens with one attached hydrogen (secondary N) is 1. The fourth-order valence-corrected chi connectivity index (χ4v) is 2.23. The Labute approximate surface area is 124 Å². The summed E-state index contributed by atoms with van der Waals surface area (Å²) in [6.07, 6.45) is 0. The summed E-state index contributed by atoms with van der Waals surface area (Å²) in [7, 11) is 0. The van der Waals surface area contributed by atoms with Crippen molar-refractivity contribution in [3.05, 3.63) is 58.5 Å². The molecule has 1 heterocycles. The largest absolute Gasteiger partial charge is 0.463 e. The number of furan rings is 1. The van der Waals surface area contributed by atoms with E-state index in [-0.39, 0.29) is 12.5 Å². The molecule has 0 spiro atoms. The first-order chi connectivity index (χ1) is 9.79. The molecule has 21 heavy (non-hydrogen) atoms. The molecular formula is C17H21NO3. The zero-order valence-electron chi connectivity index (χ0n) is 12.9. The van der Waals surface area contributed by atoms with Crippen LogP contribution in [-0.2, 0) is 5.60 Å². The van der Waals surface area contributed by atoms with Crippen molar-refractivity contribution < 1.29 is 14.3 Å². The zero-order valence-corrected chi connectivity index (χ0v) is 12.9. The number of carbonyl (C=O) groups is 1. The highest BCUT2D eigenvalue weighted by Gasteiger charge is 2.27. The first-order valence-electron chi connectivity index (χ1n) is 6.94. The Kier molecular flexibility index (Phi) is 4.19. The molecule has 2 N–H and O–H groups in total. The smallest absolute Gasteiger partial charge is 0.251 e. The molecule has 1 atom stereocenters. The summed E-state index contributed by atoms with van der Waals surface area (Å²) in [6.45, 7) is 7.40. The first kappa shape index (κ1) is 15.3. The second-order valence-electron chi connectivity index (χ2n) is 5.69. The topological polar surface area (TPSA) is 62.5 Å². The minimum absolute atomic E-state index is 0.0894. The Hall–Kier alpha value is -2.07. The summed E-state index contributed by atoms with van der Waals surface area (Å²) >= 11 is 0. The summed E-state index contributed by atoms with van der Waals surface area (Å²) in [5.74, 6) is 0.975. The fraction of sp³-hybridized carbons (Fsp3) is 0.353. The van der Waals surface area contributed by atoms with Crippen LogP contribution in [0.15, 0.2) is 34.7 Å². The molecule has 2 aromatic rings. The fourth-order valence-electron chi connectivity index (χ4n) is 2.23. The van der Waals surface area contributed by atoms with Gasteiger partial charge in [-0.3, -0.25) is 4.79 Å². The summed E-state index contributed by atoms with van der Waals surface area (Å²) in [5.41, 5.74) is 1.41. The molecule has 4 nitrogen and oxygen atoms in total. The van der Waals surface area contributed by atoms with Gasteiger partial charge in [-0.25, -0.2) is 0 Å². The maximum atomic E-state index is 12.2. The van der Waals surface area contributed by atoms with E-state index in [0.29, 0.717) is 11.3 Å². The van der Waals surface area contributed by atoms with E-state index in [1.165, 1.54) is 0 Å². The van der Waals surface area contributed by atoms with Crippen molar-refractivity contribution in [2.75, 3.05) is 6.54 Å². The van der Waals surface area contributed by atoms with Gasteiger partial charge in [-0.15, -0.1) is 0 Å². The molecule has 0 aliphatic carbocycles. The summed E-state index contributed by atoms with van der Waals surface area (Å²) in [6, 6.07) is 9.17. The van der Waals surface area contributed by atoms with Crippen LogP contribution in [0.1, 0.15) is 39.9 Å². The molecule has 4 heteroatoms. The molecule has 0 aliphatic rings. The van der Waals surface area contributed by atoms with E-state index in [0.717, 1.165) is 16.9 Å². The van der Waals surface area contributed by atoms with Crippen LogP contribution in [0.4, 0.5) is 0 Å². The van der Waals surface area contributed by atoms with Crippen LogP contribution in [0.3, 0.4) is 0 Å². The summed E-state index contributed by atoms with van der Waals surface area (Å²) in [5, 5.41) is 13.2. The van der Waals surface area contributed by atoms with Gasteiger partial charge in [0.1, 0.15) is 17.1 Å². The monoisotopic (exact) mass is 287 g/mol. The number of hydrogen-bond acceptors (Lipinski definition) is 3. The van der Waals surface area contributed by atoms with Gasteiger partial charge in [-0.05, 0) is 51.5 Å². The molecule has 112 valence electrons. The molecule has 0 saturated heterocycles. The lowest BCUT2D eigenvalue weighted by Gasteiger charge is -2.21. The van der Waals surface area contributed by atoms with Crippen LogP contribution < -0.4 is 5.32 Å². The minimum atomic E-state index is -1.23. The average Bonchev–Trinajstić information content (AvgIpc) is 2.84. The molecule has 1 aromatic carbocycles. The molecule has 0 saturated carbocycles. The molecule has 0 aliphatic heterocycles. The number of amides is 1. The molecule has 1 aromatic heterocycles. The summed E-state index contributed by atoms with van der Waals surface area (Å²) < 4.78 is 5.42. The number of carbonyl (C=O) groups excluding carboxylic acids is 1.